The SMILES string of the molecule is CCCOc1ccc(C(=O)N/N=C\c2ccc(OCc3cccc(C#N)c3)cc2)cc1. The third-order valence-electron chi connectivity index (χ3n) is 4.31. The van der Waals surface area contributed by atoms with Crippen LogP contribution >= 0.6 is 0 Å². The molecule has 0 aromatic heterocycles. The topological polar surface area (TPSA) is 83.7 Å². The molecule has 0 bridgehead atoms. The highest BCUT2D eigenvalue weighted by Crippen LogP contribution is 2.15. The number of nitriles is 1. The van der Waals surface area contributed by atoms with E-state index in [2.05, 4.69) is 16.6 Å². The normalized spacial score (nSPS) is 10.5. The summed E-state index contributed by atoms with van der Waals surface area (Å²) in [6.07, 6.45) is 2.50. The fourth-order valence-electron chi connectivity index (χ4n) is 2.70. The van der Waals surface area contributed by atoms with Gasteiger partial charge in [0.05, 0.1) is 24.5 Å². The summed E-state index contributed by atoms with van der Waals surface area (Å²) in [7, 11) is 0. The predicted octanol–water partition coefficient (Wildman–Crippen LogP) is 4.69. The Kier molecular flexibility index (Phi) is 7.78. The molecule has 1 amide bonds. The van der Waals surface area contributed by atoms with Crippen molar-refractivity contribution >= 4 is 12.1 Å². The number of ether oxygens (including phenoxy) is 2. The minimum Gasteiger partial charge on any atom is -0.494 e. The van der Waals surface area contributed by atoms with E-state index < -0.39 is 0 Å². The van der Waals surface area contributed by atoms with Crippen LogP contribution in [0.2, 0.25) is 0 Å². The van der Waals surface area contributed by atoms with Gasteiger partial charge in [0.1, 0.15) is 18.1 Å². The number of hydrazone groups is 1. The molecule has 0 atom stereocenters. The van der Waals surface area contributed by atoms with Crippen LogP contribution in [0.15, 0.2) is 77.9 Å². The molecule has 6 nitrogen and oxygen atoms in total. The standard InChI is InChI=1S/C25H23N3O3/c1-2-14-30-23-12-8-22(9-13-23)25(29)28-27-17-19-6-10-24(11-7-19)31-18-21-5-3-4-20(15-21)16-26/h3-13,15,17H,2,14,18H2,1H3,(H,28,29)/b27-17-. The quantitative estimate of drug-likeness (QED) is 0.407. The van der Waals surface area contributed by atoms with Crippen LogP contribution < -0.4 is 14.9 Å². The first kappa shape index (κ1) is 21.6. The summed E-state index contributed by atoms with van der Waals surface area (Å²) in [6.45, 7) is 3.06. The van der Waals surface area contributed by atoms with Gasteiger partial charge in [0.15, 0.2) is 0 Å². The molecule has 6 heteroatoms. The van der Waals surface area contributed by atoms with Crippen molar-refractivity contribution in [3.63, 3.8) is 0 Å². The van der Waals surface area contributed by atoms with Gasteiger partial charge in [-0.2, -0.15) is 10.4 Å². The van der Waals surface area contributed by atoms with E-state index in [0.29, 0.717) is 30.1 Å². The number of carbonyl (C=O) groups excluding carboxylic acids is 1. The number of rotatable bonds is 9. The second kappa shape index (κ2) is 11.2. The van der Waals surface area contributed by atoms with E-state index in [-0.39, 0.29) is 5.91 Å². The fraction of sp³-hybridized carbons (Fsp3) is 0.160. The minimum atomic E-state index is -0.294. The van der Waals surface area contributed by atoms with Crippen LogP contribution in [0, 0.1) is 11.3 Å². The molecule has 156 valence electrons. The summed E-state index contributed by atoms with van der Waals surface area (Å²) in [6, 6.07) is 23.7. The first-order valence-electron chi connectivity index (χ1n) is 9.96. The van der Waals surface area contributed by atoms with Gasteiger partial charge in [0, 0.05) is 5.56 Å². The van der Waals surface area contributed by atoms with Gasteiger partial charge >= 0.3 is 0 Å². The fourth-order valence-corrected chi connectivity index (χ4v) is 2.70. The second-order valence-corrected chi connectivity index (χ2v) is 6.74. The molecule has 0 saturated carbocycles. The van der Waals surface area contributed by atoms with E-state index in [1.807, 2.05) is 43.3 Å². The minimum absolute atomic E-state index is 0.294. The third-order valence-corrected chi connectivity index (χ3v) is 4.31. The molecule has 3 aromatic carbocycles. The zero-order chi connectivity index (χ0) is 21.9. The lowest BCUT2D eigenvalue weighted by molar-refractivity contribution is 0.0955. The second-order valence-electron chi connectivity index (χ2n) is 6.74. The van der Waals surface area contributed by atoms with E-state index in [9.17, 15) is 4.79 Å². The van der Waals surface area contributed by atoms with Crippen molar-refractivity contribution in [3.05, 3.63) is 95.1 Å². The van der Waals surface area contributed by atoms with Gasteiger partial charge < -0.3 is 9.47 Å². The average molecular weight is 413 g/mol. The molecular formula is C25H23N3O3. The monoisotopic (exact) mass is 413 g/mol. The molecule has 0 aliphatic rings. The summed E-state index contributed by atoms with van der Waals surface area (Å²) < 4.78 is 11.3. The molecule has 0 unspecified atom stereocenters. The highest BCUT2D eigenvalue weighted by Gasteiger charge is 2.04. The average Bonchev–Trinajstić information content (AvgIpc) is 2.82. The van der Waals surface area contributed by atoms with Crippen molar-refractivity contribution < 1.29 is 14.3 Å². The number of nitrogens with one attached hydrogen (secondary N) is 1. The molecule has 0 aliphatic carbocycles. The number of hydrogen-bond donors (Lipinski definition) is 1. The van der Waals surface area contributed by atoms with Crippen LogP contribution in [-0.4, -0.2) is 18.7 Å². The van der Waals surface area contributed by atoms with Crippen LogP contribution in [0.1, 0.15) is 40.4 Å². The Morgan fingerprint density at radius 3 is 2.45 bits per heavy atom. The van der Waals surface area contributed by atoms with Crippen molar-refractivity contribution in [1.82, 2.24) is 5.43 Å². The van der Waals surface area contributed by atoms with Crippen molar-refractivity contribution in [2.24, 2.45) is 5.10 Å². The van der Waals surface area contributed by atoms with E-state index in [1.165, 1.54) is 0 Å². The molecular weight excluding hydrogens is 390 g/mol. The van der Waals surface area contributed by atoms with E-state index >= 15 is 0 Å². The Morgan fingerprint density at radius 2 is 1.74 bits per heavy atom. The van der Waals surface area contributed by atoms with Crippen molar-refractivity contribution in [3.8, 4) is 17.6 Å². The van der Waals surface area contributed by atoms with E-state index in [1.54, 1.807) is 42.6 Å². The number of carbonyl (C=O) groups is 1. The molecule has 0 heterocycles. The molecule has 1 N–H and O–H groups in total. The van der Waals surface area contributed by atoms with Crippen LogP contribution in [0.3, 0.4) is 0 Å². The van der Waals surface area contributed by atoms with Crippen LogP contribution in [0.25, 0.3) is 0 Å². The lowest BCUT2D eigenvalue weighted by Crippen LogP contribution is -2.17. The predicted molar refractivity (Wildman–Crippen MR) is 119 cm³/mol. The van der Waals surface area contributed by atoms with Crippen LogP contribution in [0.5, 0.6) is 11.5 Å². The van der Waals surface area contributed by atoms with Crippen molar-refractivity contribution in [2.75, 3.05) is 6.61 Å². The first-order valence-corrected chi connectivity index (χ1v) is 9.96. The molecule has 3 rings (SSSR count). The number of hydrogen-bond acceptors (Lipinski definition) is 5. The molecule has 0 fully saturated rings. The van der Waals surface area contributed by atoms with E-state index in [0.717, 1.165) is 23.3 Å². The van der Waals surface area contributed by atoms with Gasteiger partial charge in [-0.15, -0.1) is 0 Å². The van der Waals surface area contributed by atoms with Crippen LogP contribution in [-0.2, 0) is 6.61 Å². The van der Waals surface area contributed by atoms with E-state index in [4.69, 9.17) is 14.7 Å². The zero-order valence-corrected chi connectivity index (χ0v) is 17.2. The lowest BCUT2D eigenvalue weighted by Gasteiger charge is -2.07. The summed E-state index contributed by atoms with van der Waals surface area (Å²) in [5, 5.41) is 13.0. The number of nitrogens with zero attached hydrogens (tertiary/aromatic N) is 2. The highest BCUT2D eigenvalue weighted by atomic mass is 16.5. The largest absolute Gasteiger partial charge is 0.494 e. The molecule has 0 saturated heterocycles. The van der Waals surface area contributed by atoms with Gasteiger partial charge in [0.2, 0.25) is 0 Å². The van der Waals surface area contributed by atoms with Gasteiger partial charge in [-0.3, -0.25) is 4.79 Å². The lowest BCUT2D eigenvalue weighted by atomic mass is 10.1. The summed E-state index contributed by atoms with van der Waals surface area (Å²) in [5.41, 5.74) is 5.38. The third kappa shape index (κ3) is 6.72. The summed E-state index contributed by atoms with van der Waals surface area (Å²) in [4.78, 5) is 12.2. The number of amides is 1. The Bertz CT molecular complexity index is 1070. The maximum atomic E-state index is 12.2. The Balaban J connectivity index is 1.48. The van der Waals surface area contributed by atoms with Crippen molar-refractivity contribution in [2.45, 2.75) is 20.0 Å². The van der Waals surface area contributed by atoms with Gasteiger partial charge in [-0.1, -0.05) is 19.1 Å². The Morgan fingerprint density at radius 1 is 1.03 bits per heavy atom. The molecule has 0 aliphatic heterocycles. The molecule has 0 spiro atoms. The first-order chi connectivity index (χ1) is 15.2. The van der Waals surface area contributed by atoms with Crippen LogP contribution in [0.4, 0.5) is 0 Å². The smallest absolute Gasteiger partial charge is 0.271 e. The van der Waals surface area contributed by atoms with Gasteiger partial charge in [-0.25, -0.2) is 5.43 Å². The van der Waals surface area contributed by atoms with Gasteiger partial charge in [0.25, 0.3) is 5.91 Å². The Labute approximate surface area is 181 Å². The summed E-state index contributed by atoms with van der Waals surface area (Å²) >= 11 is 0. The summed E-state index contributed by atoms with van der Waals surface area (Å²) in [5.74, 6) is 1.15. The van der Waals surface area contributed by atoms with Gasteiger partial charge in [-0.05, 0) is 78.2 Å². The molecule has 3 aromatic rings. The maximum Gasteiger partial charge on any atom is 0.271 e. The number of benzene rings is 3. The Hall–Kier alpha value is -4.11. The highest BCUT2D eigenvalue weighted by molar-refractivity contribution is 5.95. The zero-order valence-electron chi connectivity index (χ0n) is 17.2. The maximum absolute atomic E-state index is 12.2. The molecule has 0 radical (unpaired) electrons. The van der Waals surface area contributed by atoms with Crippen molar-refractivity contribution in [1.29, 1.82) is 5.26 Å². The molecule has 31 heavy (non-hydrogen) atoms.